The van der Waals surface area contributed by atoms with Crippen LogP contribution in [0.2, 0.25) is 0 Å². The summed E-state index contributed by atoms with van der Waals surface area (Å²) in [7, 11) is 1.92. The van der Waals surface area contributed by atoms with Gasteiger partial charge in [-0.25, -0.2) is 0 Å². The maximum atomic E-state index is 5.90. The number of hydrogen-bond acceptors (Lipinski definition) is 3. The van der Waals surface area contributed by atoms with Crippen molar-refractivity contribution in [1.82, 2.24) is 9.78 Å². The molecule has 2 aromatic rings. The minimum absolute atomic E-state index is 0.0385. The number of benzene rings is 1. The van der Waals surface area contributed by atoms with Gasteiger partial charge in [-0.2, -0.15) is 5.10 Å². The van der Waals surface area contributed by atoms with E-state index >= 15 is 0 Å². The third kappa shape index (κ3) is 3.04. The molecule has 1 aromatic carbocycles. The fourth-order valence-corrected chi connectivity index (χ4v) is 2.55. The van der Waals surface area contributed by atoms with Crippen molar-refractivity contribution in [2.45, 2.75) is 33.4 Å². The second-order valence-electron chi connectivity index (χ2n) is 5.07. The quantitative estimate of drug-likeness (QED) is 0.930. The second-order valence-corrected chi connectivity index (χ2v) is 5.86. The van der Waals surface area contributed by atoms with Crippen molar-refractivity contribution in [1.29, 1.82) is 0 Å². The van der Waals surface area contributed by atoms with Gasteiger partial charge in [0.15, 0.2) is 0 Å². The third-order valence-electron chi connectivity index (χ3n) is 3.35. The Hall–Kier alpha value is -1.33. The lowest BCUT2D eigenvalue weighted by Crippen LogP contribution is -2.07. The van der Waals surface area contributed by atoms with E-state index in [2.05, 4.69) is 27.1 Å². The summed E-state index contributed by atoms with van der Waals surface area (Å²) in [5.41, 5.74) is 10.1. The molecular weight excluding hydrogens is 318 g/mol. The van der Waals surface area contributed by atoms with E-state index in [9.17, 15) is 0 Å². The molecule has 0 spiro atoms. The Balaban J connectivity index is 2.15. The largest absolute Gasteiger partial charge is 0.487 e. The number of nitrogens with two attached hydrogens (primary N) is 1. The van der Waals surface area contributed by atoms with Crippen LogP contribution in [0.4, 0.5) is 0 Å². The van der Waals surface area contributed by atoms with Crippen molar-refractivity contribution < 1.29 is 4.74 Å². The number of aromatic nitrogens is 2. The van der Waals surface area contributed by atoms with Crippen molar-refractivity contribution >= 4 is 15.9 Å². The number of halogens is 1. The molecule has 108 valence electrons. The van der Waals surface area contributed by atoms with Crippen LogP contribution in [0.1, 0.15) is 35.5 Å². The monoisotopic (exact) mass is 337 g/mol. The predicted molar refractivity (Wildman–Crippen MR) is 83.8 cm³/mol. The highest BCUT2D eigenvalue weighted by Crippen LogP contribution is 2.25. The van der Waals surface area contributed by atoms with Crippen LogP contribution in [-0.4, -0.2) is 9.78 Å². The maximum absolute atomic E-state index is 5.90. The minimum atomic E-state index is 0.0385. The molecule has 20 heavy (non-hydrogen) atoms. The molecule has 5 heteroatoms. The summed E-state index contributed by atoms with van der Waals surface area (Å²) in [6, 6.07) is 6.10. The Labute approximate surface area is 128 Å². The summed E-state index contributed by atoms with van der Waals surface area (Å²) >= 11 is 3.54. The molecule has 4 nitrogen and oxygen atoms in total. The first-order valence-corrected chi connectivity index (χ1v) is 7.36. The van der Waals surface area contributed by atoms with Gasteiger partial charge in [-0.05, 0) is 53.9 Å². The van der Waals surface area contributed by atoms with Gasteiger partial charge in [0.1, 0.15) is 12.4 Å². The molecule has 2 rings (SSSR count). The third-order valence-corrected chi connectivity index (χ3v) is 4.38. The van der Waals surface area contributed by atoms with Crippen LogP contribution in [0.5, 0.6) is 5.75 Å². The fourth-order valence-electron chi connectivity index (χ4n) is 2.10. The lowest BCUT2D eigenvalue weighted by atomic mass is 10.1. The standard InChI is InChI=1S/C15H20BrN3O/c1-9-7-12(10(2)17)5-6-14(9)20-8-13-15(16)11(3)18-19(13)4/h5-7,10H,8,17H2,1-4H3/t10-/m0/s1. The number of nitrogens with zero attached hydrogens (tertiary/aromatic N) is 2. The summed E-state index contributed by atoms with van der Waals surface area (Å²) in [6.07, 6.45) is 0. The molecule has 0 bridgehead atoms. The first-order chi connectivity index (χ1) is 9.40. The Morgan fingerprint density at radius 1 is 1.40 bits per heavy atom. The summed E-state index contributed by atoms with van der Waals surface area (Å²) < 4.78 is 8.74. The average Bonchev–Trinajstić information content (AvgIpc) is 2.62. The molecule has 1 heterocycles. The summed E-state index contributed by atoms with van der Waals surface area (Å²) in [4.78, 5) is 0. The molecule has 1 atom stereocenters. The van der Waals surface area contributed by atoms with Gasteiger partial charge in [0.2, 0.25) is 0 Å². The van der Waals surface area contributed by atoms with Gasteiger partial charge in [0.05, 0.1) is 15.9 Å². The van der Waals surface area contributed by atoms with Crippen molar-refractivity contribution in [3.63, 3.8) is 0 Å². The molecule has 0 aliphatic carbocycles. The molecule has 0 aliphatic rings. The fraction of sp³-hybridized carbons (Fsp3) is 0.400. The van der Waals surface area contributed by atoms with Crippen LogP contribution in [0.25, 0.3) is 0 Å². The smallest absolute Gasteiger partial charge is 0.131 e. The van der Waals surface area contributed by atoms with Crippen LogP contribution in [0, 0.1) is 13.8 Å². The zero-order valence-corrected chi connectivity index (χ0v) is 13.9. The van der Waals surface area contributed by atoms with Gasteiger partial charge in [0, 0.05) is 13.1 Å². The Kier molecular flexibility index (Phi) is 4.50. The molecule has 0 saturated heterocycles. The molecular formula is C15H20BrN3O. The first-order valence-electron chi connectivity index (χ1n) is 6.57. The minimum Gasteiger partial charge on any atom is -0.487 e. The normalized spacial score (nSPS) is 12.5. The van der Waals surface area contributed by atoms with Crippen LogP contribution < -0.4 is 10.5 Å². The summed E-state index contributed by atoms with van der Waals surface area (Å²) in [5, 5.41) is 4.36. The first kappa shape index (κ1) is 15.1. The molecule has 0 radical (unpaired) electrons. The van der Waals surface area contributed by atoms with E-state index in [0.717, 1.165) is 32.7 Å². The van der Waals surface area contributed by atoms with Crippen molar-refractivity contribution in [2.24, 2.45) is 12.8 Å². The van der Waals surface area contributed by atoms with Gasteiger partial charge in [0.25, 0.3) is 0 Å². The number of ether oxygens (including phenoxy) is 1. The second kappa shape index (κ2) is 5.97. The lowest BCUT2D eigenvalue weighted by molar-refractivity contribution is 0.292. The highest BCUT2D eigenvalue weighted by Gasteiger charge is 2.12. The Morgan fingerprint density at radius 3 is 2.60 bits per heavy atom. The van der Waals surface area contributed by atoms with Crippen molar-refractivity contribution in [3.05, 3.63) is 45.2 Å². The zero-order chi connectivity index (χ0) is 14.9. The van der Waals surface area contributed by atoms with Crippen LogP contribution in [0.15, 0.2) is 22.7 Å². The van der Waals surface area contributed by atoms with Crippen molar-refractivity contribution in [2.75, 3.05) is 0 Å². The number of rotatable bonds is 4. The SMILES string of the molecule is Cc1cc([C@H](C)N)ccc1OCc1c(Br)c(C)nn1C. The number of aryl methyl sites for hydroxylation is 3. The van der Waals surface area contributed by atoms with Crippen LogP contribution in [0.3, 0.4) is 0 Å². The predicted octanol–water partition coefficient (Wildman–Crippen LogP) is 3.40. The molecule has 0 aliphatic heterocycles. The van der Waals surface area contributed by atoms with Crippen LogP contribution >= 0.6 is 15.9 Å². The summed E-state index contributed by atoms with van der Waals surface area (Å²) in [6.45, 7) is 6.46. The van der Waals surface area contributed by atoms with Gasteiger partial charge in [-0.3, -0.25) is 4.68 Å². The Bertz CT molecular complexity index is 620. The summed E-state index contributed by atoms with van der Waals surface area (Å²) in [5.74, 6) is 0.875. The molecule has 0 saturated carbocycles. The van der Waals surface area contributed by atoms with Crippen molar-refractivity contribution in [3.8, 4) is 5.75 Å². The van der Waals surface area contributed by atoms with E-state index in [4.69, 9.17) is 10.5 Å². The van der Waals surface area contributed by atoms with E-state index in [0.29, 0.717) is 6.61 Å². The van der Waals surface area contributed by atoms with Gasteiger partial charge in [-0.1, -0.05) is 12.1 Å². The zero-order valence-electron chi connectivity index (χ0n) is 12.3. The number of hydrogen-bond donors (Lipinski definition) is 1. The van der Waals surface area contributed by atoms with E-state index in [1.165, 1.54) is 0 Å². The van der Waals surface area contributed by atoms with Crippen LogP contribution in [-0.2, 0) is 13.7 Å². The van der Waals surface area contributed by atoms with Gasteiger partial charge >= 0.3 is 0 Å². The van der Waals surface area contributed by atoms with E-state index in [-0.39, 0.29) is 6.04 Å². The Morgan fingerprint density at radius 2 is 2.10 bits per heavy atom. The maximum Gasteiger partial charge on any atom is 0.131 e. The topological polar surface area (TPSA) is 53.1 Å². The highest BCUT2D eigenvalue weighted by molar-refractivity contribution is 9.10. The van der Waals surface area contributed by atoms with E-state index < -0.39 is 0 Å². The van der Waals surface area contributed by atoms with Gasteiger partial charge in [-0.15, -0.1) is 0 Å². The lowest BCUT2D eigenvalue weighted by Gasteiger charge is -2.12. The molecule has 2 N–H and O–H groups in total. The highest BCUT2D eigenvalue weighted by atomic mass is 79.9. The average molecular weight is 338 g/mol. The molecule has 0 amide bonds. The molecule has 0 fully saturated rings. The molecule has 0 unspecified atom stereocenters. The molecule has 1 aromatic heterocycles. The van der Waals surface area contributed by atoms with E-state index in [1.54, 1.807) is 0 Å². The van der Waals surface area contributed by atoms with E-state index in [1.807, 2.05) is 44.6 Å². The van der Waals surface area contributed by atoms with Gasteiger partial charge < -0.3 is 10.5 Å².